The number of carbonyl (C=O) groups is 2. The van der Waals surface area contributed by atoms with E-state index in [9.17, 15) is 9.59 Å². The number of fused-ring (bicyclic) bond motifs is 2. The molecule has 1 aliphatic heterocycles. The summed E-state index contributed by atoms with van der Waals surface area (Å²) < 4.78 is 6.15. The number of nitrogens with zero attached hydrogens (tertiary/aromatic N) is 1. The lowest BCUT2D eigenvalue weighted by Gasteiger charge is -2.32. The van der Waals surface area contributed by atoms with Crippen molar-refractivity contribution in [3.05, 3.63) is 54.6 Å². The summed E-state index contributed by atoms with van der Waals surface area (Å²) in [6.07, 6.45) is 13.0. The van der Waals surface area contributed by atoms with Gasteiger partial charge in [-0.1, -0.05) is 31.2 Å². The number of piperidine rings is 1. The van der Waals surface area contributed by atoms with Crippen LogP contribution in [0.3, 0.4) is 0 Å². The minimum atomic E-state index is -0.0413. The fraction of sp³-hybridized carbons (Fsp3) is 0.556. The van der Waals surface area contributed by atoms with Crippen molar-refractivity contribution in [3.63, 3.8) is 0 Å². The standard InChI is InChI=1S/C27H36N2O3/c1-3-4-8-25(30)29-15-11-23(12-16-29)32-24-7-5-6-21(18-24)26(31)28-14-13-27(2)19-20-9-10-22(27)17-20/h3,5-7,9-10,18,20,22-23H,1,4,8,11-17,19H2,2H3,(H,28,31). The van der Waals surface area contributed by atoms with Crippen LogP contribution in [0.2, 0.25) is 0 Å². The topological polar surface area (TPSA) is 58.6 Å². The largest absolute Gasteiger partial charge is 0.490 e. The van der Waals surface area contributed by atoms with E-state index in [0.29, 0.717) is 29.9 Å². The van der Waals surface area contributed by atoms with Gasteiger partial charge in [0.15, 0.2) is 0 Å². The third kappa shape index (κ3) is 5.25. The van der Waals surface area contributed by atoms with E-state index < -0.39 is 0 Å². The zero-order valence-corrected chi connectivity index (χ0v) is 19.2. The molecule has 3 unspecified atom stereocenters. The summed E-state index contributed by atoms with van der Waals surface area (Å²) in [5.74, 6) is 2.29. The smallest absolute Gasteiger partial charge is 0.251 e. The summed E-state index contributed by atoms with van der Waals surface area (Å²) in [4.78, 5) is 26.8. The Kier molecular flexibility index (Phi) is 7.02. The van der Waals surface area contributed by atoms with Crippen LogP contribution in [0.5, 0.6) is 5.75 Å². The van der Waals surface area contributed by atoms with Crippen molar-refractivity contribution in [2.24, 2.45) is 17.3 Å². The summed E-state index contributed by atoms with van der Waals surface area (Å²) in [6.45, 7) is 8.18. The lowest BCUT2D eigenvalue weighted by molar-refractivity contribution is -0.132. The Balaban J connectivity index is 1.23. The number of benzene rings is 1. The number of carbonyl (C=O) groups excluding carboxylic acids is 2. The molecule has 1 aromatic carbocycles. The number of nitrogens with one attached hydrogen (secondary N) is 1. The van der Waals surface area contributed by atoms with Crippen LogP contribution < -0.4 is 10.1 Å². The first-order valence-corrected chi connectivity index (χ1v) is 12.1. The van der Waals surface area contributed by atoms with E-state index in [0.717, 1.165) is 50.4 Å². The van der Waals surface area contributed by atoms with Gasteiger partial charge in [0.1, 0.15) is 11.9 Å². The Morgan fingerprint density at radius 1 is 1.28 bits per heavy atom. The van der Waals surface area contributed by atoms with Crippen molar-refractivity contribution < 1.29 is 14.3 Å². The minimum absolute atomic E-state index is 0.0413. The predicted molar refractivity (Wildman–Crippen MR) is 127 cm³/mol. The molecule has 172 valence electrons. The Morgan fingerprint density at radius 3 is 2.78 bits per heavy atom. The van der Waals surface area contributed by atoms with E-state index in [4.69, 9.17) is 4.74 Å². The van der Waals surface area contributed by atoms with E-state index in [1.807, 2.05) is 29.2 Å². The summed E-state index contributed by atoms with van der Waals surface area (Å²) in [7, 11) is 0. The molecule has 5 nitrogen and oxygen atoms in total. The fourth-order valence-electron chi connectivity index (χ4n) is 5.55. The molecule has 0 aromatic heterocycles. The monoisotopic (exact) mass is 436 g/mol. The van der Waals surface area contributed by atoms with Crippen molar-refractivity contribution >= 4 is 11.8 Å². The number of rotatable bonds is 9. The third-order valence-corrected chi connectivity index (χ3v) is 7.53. The van der Waals surface area contributed by atoms with Crippen LogP contribution in [0, 0.1) is 17.3 Å². The highest BCUT2D eigenvalue weighted by Gasteiger charge is 2.44. The lowest BCUT2D eigenvalue weighted by atomic mass is 9.75. The van der Waals surface area contributed by atoms with Crippen LogP contribution in [0.25, 0.3) is 0 Å². The van der Waals surface area contributed by atoms with Crippen molar-refractivity contribution in [2.75, 3.05) is 19.6 Å². The normalized spacial score (nSPS) is 26.8. The zero-order valence-electron chi connectivity index (χ0n) is 19.2. The Hall–Kier alpha value is -2.56. The maximum absolute atomic E-state index is 12.7. The summed E-state index contributed by atoms with van der Waals surface area (Å²) in [5.41, 5.74) is 0.956. The number of hydrogen-bond donors (Lipinski definition) is 1. The highest BCUT2D eigenvalue weighted by Crippen LogP contribution is 2.53. The van der Waals surface area contributed by atoms with Gasteiger partial charge in [0.2, 0.25) is 5.91 Å². The maximum atomic E-state index is 12.7. The van der Waals surface area contributed by atoms with Gasteiger partial charge in [0.25, 0.3) is 5.91 Å². The molecular weight excluding hydrogens is 400 g/mol. The molecule has 2 bridgehead atoms. The number of likely N-dealkylation sites (tertiary alicyclic amines) is 1. The number of allylic oxidation sites excluding steroid dienone is 3. The molecule has 3 atom stereocenters. The van der Waals surface area contributed by atoms with Crippen LogP contribution >= 0.6 is 0 Å². The molecular formula is C27H36N2O3. The second-order valence-electron chi connectivity index (χ2n) is 9.90. The highest BCUT2D eigenvalue weighted by molar-refractivity contribution is 5.94. The van der Waals surface area contributed by atoms with Gasteiger partial charge in [-0.15, -0.1) is 6.58 Å². The fourth-order valence-corrected chi connectivity index (χ4v) is 5.55. The Morgan fingerprint density at radius 2 is 2.09 bits per heavy atom. The molecule has 2 amide bonds. The molecule has 0 spiro atoms. The van der Waals surface area contributed by atoms with Gasteiger partial charge in [-0.3, -0.25) is 9.59 Å². The molecule has 1 saturated heterocycles. The third-order valence-electron chi connectivity index (χ3n) is 7.53. The van der Waals surface area contributed by atoms with E-state index in [1.54, 1.807) is 6.08 Å². The lowest BCUT2D eigenvalue weighted by Crippen LogP contribution is -2.41. The predicted octanol–water partition coefficient (Wildman–Crippen LogP) is 4.74. The van der Waals surface area contributed by atoms with Crippen LogP contribution in [-0.4, -0.2) is 42.5 Å². The van der Waals surface area contributed by atoms with Crippen LogP contribution in [0.1, 0.15) is 62.2 Å². The molecule has 1 heterocycles. The molecule has 1 N–H and O–H groups in total. The van der Waals surface area contributed by atoms with Gasteiger partial charge in [0.05, 0.1) is 0 Å². The summed E-state index contributed by atoms with van der Waals surface area (Å²) in [5, 5.41) is 3.11. The summed E-state index contributed by atoms with van der Waals surface area (Å²) in [6, 6.07) is 7.45. The molecule has 2 aliphatic carbocycles. The molecule has 5 heteroatoms. The van der Waals surface area contributed by atoms with Crippen molar-refractivity contribution in [3.8, 4) is 5.75 Å². The summed E-state index contributed by atoms with van der Waals surface area (Å²) >= 11 is 0. The first kappa shape index (κ1) is 22.6. The van der Waals surface area contributed by atoms with Gasteiger partial charge < -0.3 is 15.0 Å². The molecule has 0 radical (unpaired) electrons. The maximum Gasteiger partial charge on any atom is 0.251 e. The number of hydrogen-bond acceptors (Lipinski definition) is 3. The average molecular weight is 437 g/mol. The first-order valence-electron chi connectivity index (χ1n) is 12.1. The zero-order chi connectivity index (χ0) is 22.6. The number of ether oxygens (including phenoxy) is 1. The minimum Gasteiger partial charge on any atom is -0.490 e. The van der Waals surface area contributed by atoms with Crippen molar-refractivity contribution in [1.82, 2.24) is 10.2 Å². The molecule has 2 fully saturated rings. The second-order valence-corrected chi connectivity index (χ2v) is 9.90. The van der Waals surface area contributed by atoms with Crippen LogP contribution in [0.4, 0.5) is 0 Å². The molecule has 32 heavy (non-hydrogen) atoms. The van der Waals surface area contributed by atoms with Gasteiger partial charge in [0, 0.05) is 44.5 Å². The van der Waals surface area contributed by atoms with Gasteiger partial charge in [-0.05, 0) is 61.1 Å². The van der Waals surface area contributed by atoms with Gasteiger partial charge in [-0.2, -0.15) is 0 Å². The van der Waals surface area contributed by atoms with Crippen molar-refractivity contribution in [1.29, 1.82) is 0 Å². The Labute approximate surface area is 191 Å². The highest BCUT2D eigenvalue weighted by atomic mass is 16.5. The van der Waals surface area contributed by atoms with E-state index in [2.05, 4.69) is 31.0 Å². The first-order chi connectivity index (χ1) is 15.5. The van der Waals surface area contributed by atoms with Crippen molar-refractivity contribution in [2.45, 2.75) is 58.0 Å². The molecule has 1 aromatic rings. The van der Waals surface area contributed by atoms with E-state index in [1.165, 1.54) is 12.8 Å². The Bertz CT molecular complexity index is 871. The molecule has 1 saturated carbocycles. The SMILES string of the molecule is C=CCCC(=O)N1CCC(Oc2cccc(C(=O)NCCC3(C)CC4C=CC3C4)c2)CC1. The number of amides is 2. The van der Waals surface area contributed by atoms with E-state index in [-0.39, 0.29) is 17.9 Å². The molecule has 3 aliphatic rings. The van der Waals surface area contributed by atoms with Crippen LogP contribution in [0.15, 0.2) is 49.1 Å². The second kappa shape index (κ2) is 9.93. The average Bonchev–Trinajstić information content (AvgIpc) is 3.39. The molecule has 4 rings (SSSR count). The van der Waals surface area contributed by atoms with Gasteiger partial charge in [-0.25, -0.2) is 0 Å². The van der Waals surface area contributed by atoms with E-state index >= 15 is 0 Å². The quantitative estimate of drug-likeness (QED) is 0.569. The van der Waals surface area contributed by atoms with Gasteiger partial charge >= 0.3 is 0 Å². The van der Waals surface area contributed by atoms with Crippen LogP contribution in [-0.2, 0) is 4.79 Å².